The summed E-state index contributed by atoms with van der Waals surface area (Å²) >= 11 is 1.78. The van der Waals surface area contributed by atoms with E-state index < -0.39 is 0 Å². The third-order valence-corrected chi connectivity index (χ3v) is 3.44. The number of amidine groups is 1. The van der Waals surface area contributed by atoms with Crippen molar-refractivity contribution in [1.82, 2.24) is 4.90 Å². The number of nitrogens with zero attached hydrogens (tertiary/aromatic N) is 2. The average Bonchev–Trinajstić information content (AvgIpc) is 2.62. The van der Waals surface area contributed by atoms with Crippen molar-refractivity contribution in [1.29, 1.82) is 0 Å². The van der Waals surface area contributed by atoms with E-state index >= 15 is 0 Å². The molecule has 0 saturated heterocycles. The van der Waals surface area contributed by atoms with Crippen LogP contribution in [0, 0.1) is 5.92 Å². The zero-order valence-electron chi connectivity index (χ0n) is 7.58. The van der Waals surface area contributed by atoms with E-state index in [-0.39, 0.29) is 0 Å². The number of hydrogen-bond acceptors (Lipinski definition) is 3. The lowest BCUT2D eigenvalue weighted by atomic mass is 10.1. The molecule has 3 heteroatoms. The standard InChI is InChI=1S/C9H14N2S/c1-3-7(2)8-6-12-9-10-4-5-11(8)9/h6-7H,3-5H2,1-2H3. The van der Waals surface area contributed by atoms with Gasteiger partial charge >= 0.3 is 0 Å². The smallest absolute Gasteiger partial charge is 0.167 e. The summed E-state index contributed by atoms with van der Waals surface area (Å²) in [6.45, 7) is 6.60. The highest BCUT2D eigenvalue weighted by Crippen LogP contribution is 2.34. The maximum absolute atomic E-state index is 4.42. The van der Waals surface area contributed by atoms with E-state index in [4.69, 9.17) is 0 Å². The molecule has 1 atom stereocenters. The quantitative estimate of drug-likeness (QED) is 0.651. The van der Waals surface area contributed by atoms with Crippen LogP contribution >= 0.6 is 11.8 Å². The van der Waals surface area contributed by atoms with E-state index in [9.17, 15) is 0 Å². The van der Waals surface area contributed by atoms with Crippen molar-refractivity contribution in [2.45, 2.75) is 20.3 Å². The highest BCUT2D eigenvalue weighted by molar-refractivity contribution is 8.16. The van der Waals surface area contributed by atoms with E-state index in [2.05, 4.69) is 29.1 Å². The summed E-state index contributed by atoms with van der Waals surface area (Å²) < 4.78 is 0. The largest absolute Gasteiger partial charge is 0.322 e. The molecular formula is C9H14N2S. The molecule has 0 radical (unpaired) electrons. The lowest BCUT2D eigenvalue weighted by Gasteiger charge is -2.20. The average molecular weight is 182 g/mol. The first-order valence-corrected chi connectivity index (χ1v) is 5.39. The Morgan fingerprint density at radius 2 is 2.58 bits per heavy atom. The predicted molar refractivity (Wildman–Crippen MR) is 54.1 cm³/mol. The fourth-order valence-electron chi connectivity index (χ4n) is 1.54. The van der Waals surface area contributed by atoms with Crippen molar-refractivity contribution < 1.29 is 0 Å². The van der Waals surface area contributed by atoms with Gasteiger partial charge in [-0.3, -0.25) is 4.99 Å². The summed E-state index contributed by atoms with van der Waals surface area (Å²) in [5, 5.41) is 3.47. The molecule has 2 nitrogen and oxygen atoms in total. The molecule has 2 aliphatic rings. The minimum Gasteiger partial charge on any atom is -0.322 e. The van der Waals surface area contributed by atoms with Crippen LogP contribution < -0.4 is 0 Å². The van der Waals surface area contributed by atoms with E-state index in [0.29, 0.717) is 5.92 Å². The van der Waals surface area contributed by atoms with Gasteiger partial charge in [0.15, 0.2) is 5.17 Å². The molecule has 1 unspecified atom stereocenters. The molecule has 0 aliphatic carbocycles. The molecule has 2 heterocycles. The fraction of sp³-hybridized carbons (Fsp3) is 0.667. The molecule has 0 N–H and O–H groups in total. The number of rotatable bonds is 2. The topological polar surface area (TPSA) is 15.6 Å². The summed E-state index contributed by atoms with van der Waals surface area (Å²) in [6, 6.07) is 0. The second kappa shape index (κ2) is 3.13. The maximum Gasteiger partial charge on any atom is 0.167 e. The molecule has 12 heavy (non-hydrogen) atoms. The van der Waals surface area contributed by atoms with Crippen molar-refractivity contribution >= 4 is 16.9 Å². The van der Waals surface area contributed by atoms with Gasteiger partial charge in [-0.05, 0) is 17.7 Å². The van der Waals surface area contributed by atoms with Crippen molar-refractivity contribution in [3.05, 3.63) is 11.1 Å². The third kappa shape index (κ3) is 1.16. The van der Waals surface area contributed by atoms with Crippen LogP contribution in [-0.4, -0.2) is 23.2 Å². The monoisotopic (exact) mass is 182 g/mol. The lowest BCUT2D eigenvalue weighted by Crippen LogP contribution is -2.24. The number of hydrogen-bond donors (Lipinski definition) is 0. The summed E-state index contributed by atoms with van der Waals surface area (Å²) in [6.07, 6.45) is 1.22. The second-order valence-electron chi connectivity index (χ2n) is 3.29. The first-order valence-electron chi connectivity index (χ1n) is 4.51. The fourth-order valence-corrected chi connectivity index (χ4v) is 2.61. The predicted octanol–water partition coefficient (Wildman–Crippen LogP) is 2.29. The SMILES string of the molecule is CCC(C)C1=CSC2=NCCN12. The Morgan fingerprint density at radius 3 is 3.33 bits per heavy atom. The van der Waals surface area contributed by atoms with Crippen LogP contribution in [0.3, 0.4) is 0 Å². The molecule has 0 saturated carbocycles. The molecule has 0 fully saturated rings. The Hall–Kier alpha value is -0.440. The molecule has 66 valence electrons. The minimum atomic E-state index is 0.684. The van der Waals surface area contributed by atoms with Crippen LogP contribution in [0.25, 0.3) is 0 Å². The number of fused-ring (bicyclic) bond motifs is 1. The van der Waals surface area contributed by atoms with E-state index in [1.165, 1.54) is 17.3 Å². The molecule has 2 aliphatic heterocycles. The number of allylic oxidation sites excluding steroid dienone is 1. The molecule has 0 bridgehead atoms. The van der Waals surface area contributed by atoms with Crippen molar-refractivity contribution in [3.63, 3.8) is 0 Å². The lowest BCUT2D eigenvalue weighted by molar-refractivity contribution is 0.471. The van der Waals surface area contributed by atoms with Crippen molar-refractivity contribution in [3.8, 4) is 0 Å². The Morgan fingerprint density at radius 1 is 1.75 bits per heavy atom. The summed E-state index contributed by atoms with van der Waals surface area (Å²) in [4.78, 5) is 6.78. The van der Waals surface area contributed by atoms with E-state index in [1.807, 2.05) is 0 Å². The van der Waals surface area contributed by atoms with E-state index in [1.54, 1.807) is 11.8 Å². The molecule has 0 amide bonds. The summed E-state index contributed by atoms with van der Waals surface area (Å²) in [5.74, 6) is 0.684. The second-order valence-corrected chi connectivity index (χ2v) is 4.12. The molecule has 0 aromatic rings. The Bertz CT molecular complexity index is 245. The van der Waals surface area contributed by atoms with Crippen LogP contribution in [-0.2, 0) is 0 Å². The Kier molecular flexibility index (Phi) is 2.13. The van der Waals surface area contributed by atoms with Crippen molar-refractivity contribution in [2.75, 3.05) is 13.1 Å². The van der Waals surface area contributed by atoms with Gasteiger partial charge in [0.05, 0.1) is 6.54 Å². The first-order chi connectivity index (χ1) is 5.83. The van der Waals surface area contributed by atoms with Gasteiger partial charge in [-0.2, -0.15) is 0 Å². The van der Waals surface area contributed by atoms with Gasteiger partial charge in [0, 0.05) is 12.2 Å². The number of aliphatic imine (C=N–C) groups is 1. The van der Waals surface area contributed by atoms with Gasteiger partial charge in [-0.25, -0.2) is 0 Å². The van der Waals surface area contributed by atoms with Crippen LogP contribution in [0.1, 0.15) is 20.3 Å². The van der Waals surface area contributed by atoms with Gasteiger partial charge < -0.3 is 4.90 Å². The van der Waals surface area contributed by atoms with Gasteiger partial charge in [0.1, 0.15) is 0 Å². The first kappa shape index (κ1) is 8.17. The molecular weight excluding hydrogens is 168 g/mol. The maximum atomic E-state index is 4.42. The molecule has 0 aromatic heterocycles. The van der Waals surface area contributed by atoms with Gasteiger partial charge in [-0.15, -0.1) is 0 Å². The third-order valence-electron chi connectivity index (χ3n) is 2.52. The van der Waals surface area contributed by atoms with Gasteiger partial charge in [0.2, 0.25) is 0 Å². The van der Waals surface area contributed by atoms with Crippen LogP contribution in [0.2, 0.25) is 0 Å². The Balaban J connectivity index is 2.13. The van der Waals surface area contributed by atoms with Gasteiger partial charge in [0.25, 0.3) is 0 Å². The van der Waals surface area contributed by atoms with Crippen LogP contribution in [0.15, 0.2) is 16.1 Å². The summed E-state index contributed by atoms with van der Waals surface area (Å²) in [7, 11) is 0. The molecule has 0 aromatic carbocycles. The molecule has 2 rings (SSSR count). The van der Waals surface area contributed by atoms with Gasteiger partial charge in [-0.1, -0.05) is 25.6 Å². The molecule has 0 spiro atoms. The van der Waals surface area contributed by atoms with Crippen LogP contribution in [0.5, 0.6) is 0 Å². The van der Waals surface area contributed by atoms with E-state index in [0.717, 1.165) is 13.1 Å². The van der Waals surface area contributed by atoms with Crippen molar-refractivity contribution in [2.24, 2.45) is 10.9 Å². The number of thioether (sulfide) groups is 1. The summed E-state index contributed by atoms with van der Waals surface area (Å²) in [5.41, 5.74) is 1.47. The zero-order chi connectivity index (χ0) is 8.55. The highest BCUT2D eigenvalue weighted by Gasteiger charge is 2.28. The zero-order valence-corrected chi connectivity index (χ0v) is 8.40. The Labute approximate surface area is 77.7 Å². The van der Waals surface area contributed by atoms with Crippen LogP contribution in [0.4, 0.5) is 0 Å². The minimum absolute atomic E-state index is 0.684. The highest BCUT2D eigenvalue weighted by atomic mass is 32.2. The normalized spacial score (nSPS) is 23.7.